The number of nitrogens with two attached hydrogens (primary N) is 1. The molecule has 4 N–H and O–H groups in total. The molecule has 1 aromatic carbocycles. The lowest BCUT2D eigenvalue weighted by molar-refractivity contribution is -0.137. The number of rotatable bonds is 6. The van der Waals surface area contributed by atoms with E-state index in [-0.39, 0.29) is 12.2 Å². The van der Waals surface area contributed by atoms with E-state index in [9.17, 15) is 13.2 Å². The van der Waals surface area contributed by atoms with Crippen molar-refractivity contribution >= 4 is 11.5 Å². The molecule has 0 fully saturated rings. The number of alkyl halides is 3. The van der Waals surface area contributed by atoms with E-state index in [1.165, 1.54) is 6.07 Å². The van der Waals surface area contributed by atoms with Gasteiger partial charge in [0.1, 0.15) is 0 Å². The molecule has 0 radical (unpaired) electrons. The zero-order valence-electron chi connectivity index (χ0n) is 11.6. The number of halogens is 3. The van der Waals surface area contributed by atoms with E-state index in [1.54, 1.807) is 4.90 Å². The van der Waals surface area contributed by atoms with Crippen molar-refractivity contribution in [2.24, 2.45) is 10.9 Å². The number of hydrogen-bond donors (Lipinski definition) is 3. The highest BCUT2D eigenvalue weighted by atomic mass is 19.4. The van der Waals surface area contributed by atoms with Gasteiger partial charge in [-0.2, -0.15) is 13.2 Å². The number of amidine groups is 1. The molecular formula is C13H18F3N3O2. The van der Waals surface area contributed by atoms with Gasteiger partial charge >= 0.3 is 6.18 Å². The smallest absolute Gasteiger partial charge is 0.409 e. The topological polar surface area (TPSA) is 82.1 Å². The average Bonchev–Trinajstić information content (AvgIpc) is 2.46. The Morgan fingerprint density at radius 1 is 1.38 bits per heavy atom. The molecule has 0 amide bonds. The Balaban J connectivity index is 3.30. The summed E-state index contributed by atoms with van der Waals surface area (Å²) in [4.78, 5) is 1.75. The van der Waals surface area contributed by atoms with Gasteiger partial charge in [0.15, 0.2) is 5.84 Å². The highest BCUT2D eigenvalue weighted by Gasteiger charge is 2.31. The molecule has 0 atom stereocenters. The summed E-state index contributed by atoms with van der Waals surface area (Å²) in [5.74, 6) is -0.390. The van der Waals surface area contributed by atoms with Crippen LogP contribution in [0, 0.1) is 0 Å². The molecule has 0 saturated carbocycles. The van der Waals surface area contributed by atoms with Crippen LogP contribution in [0.3, 0.4) is 0 Å². The first-order valence-corrected chi connectivity index (χ1v) is 6.40. The third-order valence-electron chi connectivity index (χ3n) is 3.02. The first-order valence-electron chi connectivity index (χ1n) is 6.40. The molecule has 21 heavy (non-hydrogen) atoms. The van der Waals surface area contributed by atoms with Crippen LogP contribution in [-0.2, 0) is 6.18 Å². The van der Waals surface area contributed by atoms with Gasteiger partial charge in [-0.05, 0) is 31.5 Å². The van der Waals surface area contributed by atoms with Gasteiger partial charge in [-0.25, -0.2) is 0 Å². The standard InChI is InChI=1S/C13H18F3N3O2/c1-2-19(6-3-7-20)11-5-4-9(13(14,15)16)8-10(11)12(17)18-21/h4-5,8,20-21H,2-3,6-7H2,1H3,(H2,17,18). The van der Waals surface area contributed by atoms with Gasteiger partial charge in [-0.15, -0.1) is 0 Å². The number of nitrogens with zero attached hydrogens (tertiary/aromatic N) is 2. The van der Waals surface area contributed by atoms with Gasteiger partial charge in [-0.3, -0.25) is 0 Å². The monoisotopic (exact) mass is 305 g/mol. The fourth-order valence-corrected chi connectivity index (χ4v) is 1.96. The van der Waals surface area contributed by atoms with Crippen molar-refractivity contribution < 1.29 is 23.5 Å². The summed E-state index contributed by atoms with van der Waals surface area (Å²) >= 11 is 0. The predicted molar refractivity (Wildman–Crippen MR) is 73.5 cm³/mol. The number of oxime groups is 1. The van der Waals surface area contributed by atoms with Crippen LogP contribution < -0.4 is 10.6 Å². The highest BCUT2D eigenvalue weighted by molar-refractivity contribution is 6.02. The number of anilines is 1. The Bertz CT molecular complexity index is 504. The Morgan fingerprint density at radius 3 is 2.52 bits per heavy atom. The van der Waals surface area contributed by atoms with Crippen molar-refractivity contribution in [2.45, 2.75) is 19.5 Å². The van der Waals surface area contributed by atoms with E-state index >= 15 is 0 Å². The molecule has 1 aromatic rings. The second kappa shape index (κ2) is 7.16. The average molecular weight is 305 g/mol. The lowest BCUT2D eigenvalue weighted by Crippen LogP contribution is -2.28. The van der Waals surface area contributed by atoms with Crippen LogP contribution in [0.2, 0.25) is 0 Å². The van der Waals surface area contributed by atoms with E-state index in [0.29, 0.717) is 25.2 Å². The molecule has 0 bridgehead atoms. The summed E-state index contributed by atoms with van der Waals surface area (Å²) in [5, 5.41) is 20.4. The number of aliphatic hydroxyl groups excluding tert-OH is 1. The summed E-state index contributed by atoms with van der Waals surface area (Å²) < 4.78 is 38.3. The van der Waals surface area contributed by atoms with Gasteiger partial charge in [-0.1, -0.05) is 5.16 Å². The van der Waals surface area contributed by atoms with Crippen molar-refractivity contribution in [1.29, 1.82) is 0 Å². The largest absolute Gasteiger partial charge is 0.416 e. The maximum atomic E-state index is 12.8. The normalized spacial score (nSPS) is 12.5. The SMILES string of the molecule is CCN(CCCO)c1ccc(C(F)(F)F)cc1/C(N)=N/O. The summed E-state index contributed by atoms with van der Waals surface area (Å²) in [6.07, 6.45) is -4.05. The van der Waals surface area contributed by atoms with E-state index < -0.39 is 17.6 Å². The van der Waals surface area contributed by atoms with Crippen molar-refractivity contribution in [2.75, 3.05) is 24.6 Å². The Hall–Kier alpha value is -1.96. The summed E-state index contributed by atoms with van der Waals surface area (Å²) in [5.41, 5.74) is 5.05. The van der Waals surface area contributed by atoms with Crippen LogP contribution >= 0.6 is 0 Å². The van der Waals surface area contributed by atoms with Crippen molar-refractivity contribution in [1.82, 2.24) is 0 Å². The second-order valence-corrected chi connectivity index (χ2v) is 4.37. The third-order valence-corrected chi connectivity index (χ3v) is 3.02. The number of aliphatic hydroxyl groups is 1. The lowest BCUT2D eigenvalue weighted by Gasteiger charge is -2.26. The third kappa shape index (κ3) is 4.25. The molecule has 0 aliphatic rings. The van der Waals surface area contributed by atoms with Crippen molar-refractivity contribution in [3.8, 4) is 0 Å². The van der Waals surface area contributed by atoms with Gasteiger partial charge < -0.3 is 20.9 Å². The van der Waals surface area contributed by atoms with Crippen molar-refractivity contribution in [3.63, 3.8) is 0 Å². The maximum Gasteiger partial charge on any atom is 0.416 e. The van der Waals surface area contributed by atoms with Gasteiger partial charge in [0.25, 0.3) is 0 Å². The molecule has 0 saturated heterocycles. The number of hydrogen-bond acceptors (Lipinski definition) is 4. The zero-order valence-corrected chi connectivity index (χ0v) is 11.6. The minimum Gasteiger partial charge on any atom is -0.409 e. The maximum absolute atomic E-state index is 12.8. The minimum absolute atomic E-state index is 0.00659. The van der Waals surface area contributed by atoms with Crippen LogP contribution in [-0.4, -0.2) is 35.8 Å². The van der Waals surface area contributed by atoms with E-state index in [0.717, 1.165) is 12.1 Å². The molecule has 0 aliphatic heterocycles. The second-order valence-electron chi connectivity index (χ2n) is 4.37. The molecule has 1 rings (SSSR count). The zero-order chi connectivity index (χ0) is 16.0. The van der Waals surface area contributed by atoms with Gasteiger partial charge in [0.2, 0.25) is 0 Å². The van der Waals surface area contributed by atoms with Gasteiger partial charge in [0, 0.05) is 30.9 Å². The molecular weight excluding hydrogens is 287 g/mol. The predicted octanol–water partition coefficient (Wildman–Crippen LogP) is 2.01. The van der Waals surface area contributed by atoms with Crippen molar-refractivity contribution in [3.05, 3.63) is 29.3 Å². The Morgan fingerprint density at radius 2 is 2.05 bits per heavy atom. The highest BCUT2D eigenvalue weighted by Crippen LogP contribution is 2.33. The molecule has 0 heterocycles. The summed E-state index contributed by atoms with van der Waals surface area (Å²) in [6.45, 7) is 2.75. The van der Waals surface area contributed by atoms with Crippen LogP contribution in [0.1, 0.15) is 24.5 Å². The Labute approximate surface area is 120 Å². The fourth-order valence-electron chi connectivity index (χ4n) is 1.96. The van der Waals surface area contributed by atoms with Crippen LogP contribution in [0.25, 0.3) is 0 Å². The first-order chi connectivity index (χ1) is 9.85. The minimum atomic E-state index is -4.51. The lowest BCUT2D eigenvalue weighted by atomic mass is 10.1. The quantitative estimate of drug-likeness (QED) is 0.325. The summed E-state index contributed by atoms with van der Waals surface area (Å²) in [6, 6.07) is 3.09. The van der Waals surface area contributed by atoms with E-state index in [2.05, 4.69) is 5.16 Å². The van der Waals surface area contributed by atoms with Gasteiger partial charge in [0.05, 0.1) is 5.56 Å². The molecule has 0 aromatic heterocycles. The summed E-state index contributed by atoms with van der Waals surface area (Å²) in [7, 11) is 0. The van der Waals surface area contributed by atoms with Crippen LogP contribution in [0.15, 0.2) is 23.4 Å². The molecule has 0 unspecified atom stereocenters. The molecule has 118 valence electrons. The first kappa shape index (κ1) is 17.1. The molecule has 0 spiro atoms. The molecule has 5 nitrogen and oxygen atoms in total. The van der Waals surface area contributed by atoms with E-state index in [4.69, 9.17) is 16.0 Å². The van der Waals surface area contributed by atoms with Crippen LogP contribution in [0.4, 0.5) is 18.9 Å². The van der Waals surface area contributed by atoms with Crippen LogP contribution in [0.5, 0.6) is 0 Å². The van der Waals surface area contributed by atoms with E-state index in [1.807, 2.05) is 6.92 Å². The molecule has 8 heteroatoms. The Kier molecular flexibility index (Phi) is 5.83. The number of benzene rings is 1. The fraction of sp³-hybridized carbons (Fsp3) is 0.462. The molecule has 0 aliphatic carbocycles.